The zero-order valence-electron chi connectivity index (χ0n) is 14.6. The minimum atomic E-state index is -4.47. The predicted octanol–water partition coefficient (Wildman–Crippen LogP) is 3.57. The van der Waals surface area contributed by atoms with Gasteiger partial charge in [-0.1, -0.05) is 18.9 Å². The summed E-state index contributed by atoms with van der Waals surface area (Å²) in [6, 6.07) is 4.52. The molecule has 1 saturated carbocycles. The zero-order valence-corrected chi connectivity index (χ0v) is 14.6. The summed E-state index contributed by atoms with van der Waals surface area (Å²) in [5, 5.41) is 0. The van der Waals surface area contributed by atoms with Crippen molar-refractivity contribution in [1.29, 1.82) is 0 Å². The molecule has 1 aromatic carbocycles. The highest BCUT2D eigenvalue weighted by atomic mass is 19.4. The molecule has 1 aliphatic heterocycles. The monoisotopic (exact) mass is 368 g/mol. The average Bonchev–Trinajstić information content (AvgIpc) is 3.04. The summed E-state index contributed by atoms with van der Waals surface area (Å²) in [4.78, 5) is 28.5. The van der Waals surface area contributed by atoms with Crippen molar-refractivity contribution < 1.29 is 22.8 Å². The van der Waals surface area contributed by atoms with Crippen LogP contribution in [0.5, 0.6) is 0 Å². The van der Waals surface area contributed by atoms with E-state index >= 15 is 0 Å². The van der Waals surface area contributed by atoms with Gasteiger partial charge in [0.05, 0.1) is 5.56 Å². The second-order valence-corrected chi connectivity index (χ2v) is 7.03. The van der Waals surface area contributed by atoms with Crippen LogP contribution in [0, 0.1) is 5.92 Å². The topological polar surface area (TPSA) is 40.6 Å². The van der Waals surface area contributed by atoms with E-state index in [9.17, 15) is 22.8 Å². The van der Waals surface area contributed by atoms with Crippen LogP contribution in [0.15, 0.2) is 24.3 Å². The van der Waals surface area contributed by atoms with Gasteiger partial charge in [0.1, 0.15) is 0 Å². The van der Waals surface area contributed by atoms with Gasteiger partial charge in [-0.05, 0) is 37.5 Å². The van der Waals surface area contributed by atoms with Crippen LogP contribution in [0.1, 0.15) is 48.0 Å². The van der Waals surface area contributed by atoms with E-state index in [0.717, 1.165) is 37.8 Å². The van der Waals surface area contributed by atoms with E-state index in [0.29, 0.717) is 32.6 Å². The molecule has 0 aromatic heterocycles. The molecule has 1 aromatic rings. The van der Waals surface area contributed by atoms with Crippen LogP contribution in [0.25, 0.3) is 0 Å². The van der Waals surface area contributed by atoms with Crippen LogP contribution in [0.2, 0.25) is 0 Å². The van der Waals surface area contributed by atoms with Gasteiger partial charge in [0, 0.05) is 37.7 Å². The molecule has 0 radical (unpaired) electrons. The van der Waals surface area contributed by atoms with Crippen LogP contribution < -0.4 is 0 Å². The smallest absolute Gasteiger partial charge is 0.341 e. The van der Waals surface area contributed by atoms with Crippen molar-refractivity contribution in [3.8, 4) is 0 Å². The standard InChI is InChI=1S/C19H23F3N2O2/c20-19(21,22)16-8-3-7-15(13-16)18(26)24-10-4-9-23(11-12-24)17(25)14-5-1-2-6-14/h3,7-8,13-14H,1-2,4-6,9-12H2. The molecular formula is C19H23F3N2O2. The van der Waals surface area contributed by atoms with Crippen molar-refractivity contribution in [3.05, 3.63) is 35.4 Å². The minimum Gasteiger partial charge on any atom is -0.341 e. The molecule has 0 bridgehead atoms. The third-order valence-corrected chi connectivity index (χ3v) is 5.24. The largest absolute Gasteiger partial charge is 0.416 e. The van der Waals surface area contributed by atoms with Crippen molar-refractivity contribution in [3.63, 3.8) is 0 Å². The maximum Gasteiger partial charge on any atom is 0.416 e. The summed E-state index contributed by atoms with van der Waals surface area (Å²) in [7, 11) is 0. The zero-order chi connectivity index (χ0) is 18.7. The average molecular weight is 368 g/mol. The molecule has 0 unspecified atom stereocenters. The van der Waals surface area contributed by atoms with Gasteiger partial charge in [-0.15, -0.1) is 0 Å². The summed E-state index contributed by atoms with van der Waals surface area (Å²) in [6.45, 7) is 1.85. The Bertz CT molecular complexity index is 669. The Hall–Kier alpha value is -2.05. The normalized spacial score (nSPS) is 19.5. The molecular weight excluding hydrogens is 345 g/mol. The van der Waals surface area contributed by atoms with E-state index in [4.69, 9.17) is 0 Å². The van der Waals surface area contributed by atoms with Gasteiger partial charge in [0.15, 0.2) is 0 Å². The van der Waals surface area contributed by atoms with E-state index in [2.05, 4.69) is 0 Å². The number of carbonyl (C=O) groups is 2. The molecule has 0 N–H and O–H groups in total. The molecule has 2 aliphatic rings. The number of alkyl halides is 3. The molecule has 2 amide bonds. The van der Waals surface area contributed by atoms with E-state index in [1.807, 2.05) is 4.90 Å². The fourth-order valence-corrected chi connectivity index (χ4v) is 3.78. The Morgan fingerprint density at radius 1 is 0.923 bits per heavy atom. The number of hydrogen-bond donors (Lipinski definition) is 0. The first kappa shape index (κ1) is 18.7. The maximum atomic E-state index is 12.9. The van der Waals surface area contributed by atoms with Crippen LogP contribution in [0.3, 0.4) is 0 Å². The van der Waals surface area contributed by atoms with E-state index < -0.39 is 17.6 Å². The summed E-state index contributed by atoms with van der Waals surface area (Å²) in [5.41, 5.74) is -0.786. The number of benzene rings is 1. The van der Waals surface area contributed by atoms with E-state index in [-0.39, 0.29) is 17.4 Å². The number of carbonyl (C=O) groups excluding carboxylic acids is 2. The van der Waals surface area contributed by atoms with Crippen molar-refractivity contribution in [1.82, 2.24) is 9.80 Å². The molecule has 1 saturated heterocycles. The van der Waals surface area contributed by atoms with E-state index in [1.165, 1.54) is 12.1 Å². The van der Waals surface area contributed by atoms with Crippen molar-refractivity contribution in [2.75, 3.05) is 26.2 Å². The van der Waals surface area contributed by atoms with Gasteiger partial charge < -0.3 is 9.80 Å². The number of amides is 2. The Balaban J connectivity index is 1.65. The minimum absolute atomic E-state index is 0.0374. The van der Waals surface area contributed by atoms with Crippen LogP contribution >= 0.6 is 0 Å². The van der Waals surface area contributed by atoms with Gasteiger partial charge >= 0.3 is 6.18 Å². The molecule has 0 atom stereocenters. The fraction of sp³-hybridized carbons (Fsp3) is 0.579. The fourth-order valence-electron chi connectivity index (χ4n) is 3.78. The van der Waals surface area contributed by atoms with Gasteiger partial charge in [0.2, 0.25) is 5.91 Å². The first-order valence-corrected chi connectivity index (χ1v) is 9.11. The highest BCUT2D eigenvalue weighted by Gasteiger charge is 2.32. The second-order valence-electron chi connectivity index (χ2n) is 7.03. The molecule has 26 heavy (non-hydrogen) atoms. The SMILES string of the molecule is O=C(c1cccc(C(F)(F)F)c1)N1CCCN(C(=O)C2CCCC2)CC1. The lowest BCUT2D eigenvalue weighted by Crippen LogP contribution is -2.39. The second kappa shape index (κ2) is 7.68. The Kier molecular flexibility index (Phi) is 5.53. The maximum absolute atomic E-state index is 12.9. The third kappa shape index (κ3) is 4.19. The van der Waals surface area contributed by atoms with Crippen molar-refractivity contribution >= 4 is 11.8 Å². The lowest BCUT2D eigenvalue weighted by Gasteiger charge is -2.24. The third-order valence-electron chi connectivity index (χ3n) is 5.24. The van der Waals surface area contributed by atoms with Crippen LogP contribution in [-0.4, -0.2) is 47.8 Å². The molecule has 1 heterocycles. The highest BCUT2D eigenvalue weighted by molar-refractivity contribution is 5.94. The number of hydrogen-bond acceptors (Lipinski definition) is 2. The van der Waals surface area contributed by atoms with Gasteiger partial charge in [-0.2, -0.15) is 13.2 Å². The molecule has 3 rings (SSSR count). The number of nitrogens with zero attached hydrogens (tertiary/aromatic N) is 2. The summed E-state index contributed by atoms with van der Waals surface area (Å²) < 4.78 is 38.6. The lowest BCUT2D eigenvalue weighted by atomic mass is 10.1. The molecule has 2 fully saturated rings. The van der Waals surface area contributed by atoms with Gasteiger partial charge in [-0.3, -0.25) is 9.59 Å². The van der Waals surface area contributed by atoms with Crippen LogP contribution in [0.4, 0.5) is 13.2 Å². The molecule has 4 nitrogen and oxygen atoms in total. The van der Waals surface area contributed by atoms with E-state index in [1.54, 1.807) is 4.90 Å². The van der Waals surface area contributed by atoms with Gasteiger partial charge in [-0.25, -0.2) is 0 Å². The molecule has 1 aliphatic carbocycles. The summed E-state index contributed by atoms with van der Waals surface area (Å²) in [5.74, 6) is -0.150. The molecule has 142 valence electrons. The first-order valence-electron chi connectivity index (χ1n) is 9.11. The van der Waals surface area contributed by atoms with Crippen molar-refractivity contribution in [2.24, 2.45) is 5.92 Å². The molecule has 0 spiro atoms. The quantitative estimate of drug-likeness (QED) is 0.801. The Morgan fingerprint density at radius 2 is 1.58 bits per heavy atom. The predicted molar refractivity (Wildman–Crippen MR) is 90.5 cm³/mol. The Labute approximate surface area is 151 Å². The van der Waals surface area contributed by atoms with Crippen molar-refractivity contribution in [2.45, 2.75) is 38.3 Å². The van der Waals surface area contributed by atoms with Crippen LogP contribution in [-0.2, 0) is 11.0 Å². The van der Waals surface area contributed by atoms with Gasteiger partial charge in [0.25, 0.3) is 5.91 Å². The number of halogens is 3. The number of rotatable bonds is 2. The first-order chi connectivity index (χ1) is 12.4. The highest BCUT2D eigenvalue weighted by Crippen LogP contribution is 2.30. The Morgan fingerprint density at radius 3 is 2.27 bits per heavy atom. The lowest BCUT2D eigenvalue weighted by molar-refractivity contribution is -0.137. The summed E-state index contributed by atoms with van der Waals surface area (Å²) >= 11 is 0. The summed E-state index contributed by atoms with van der Waals surface area (Å²) in [6.07, 6.45) is 0.210. The molecule has 7 heteroatoms.